The summed E-state index contributed by atoms with van der Waals surface area (Å²) >= 11 is 0. The molecule has 1 N–H and O–H groups in total. The zero-order valence-corrected chi connectivity index (χ0v) is 29.1. The molecule has 0 aromatic rings. The van der Waals surface area contributed by atoms with Gasteiger partial charge in [-0.3, -0.25) is 13.8 Å². The van der Waals surface area contributed by atoms with Crippen LogP contribution in [0.15, 0.2) is 0 Å². The molecule has 0 aromatic heterocycles. The summed E-state index contributed by atoms with van der Waals surface area (Å²) in [7, 11) is 1.67. The Kier molecular flexibility index (Phi) is 27.7. The third-order valence-electron chi connectivity index (χ3n) is 7.42. The minimum Gasteiger partial charge on any atom is -0.457 e. The number of rotatable bonds is 32. The van der Waals surface area contributed by atoms with Crippen LogP contribution >= 0.6 is 7.82 Å². The molecule has 42 heavy (non-hydrogen) atoms. The first kappa shape index (κ1) is 41.5. The second-order valence-electron chi connectivity index (χ2n) is 12.9. The van der Waals surface area contributed by atoms with E-state index < -0.39 is 13.9 Å². The summed E-state index contributed by atoms with van der Waals surface area (Å²) in [6.45, 7) is 5.60. The Hall–Kier alpha value is -0.500. The fourth-order valence-electron chi connectivity index (χ4n) is 4.67. The second kappa shape index (κ2) is 28.0. The third kappa shape index (κ3) is 30.9. The molecule has 2 atom stereocenters. The number of quaternary nitrogens is 1. The number of phosphoric ester groups is 1. The van der Waals surface area contributed by atoms with E-state index in [1.165, 1.54) is 96.3 Å². The van der Waals surface area contributed by atoms with Crippen LogP contribution < -0.4 is 0 Å². The van der Waals surface area contributed by atoms with Crippen molar-refractivity contribution in [1.82, 2.24) is 0 Å². The highest BCUT2D eigenvalue weighted by Gasteiger charge is 2.26. The van der Waals surface area contributed by atoms with Gasteiger partial charge >= 0.3 is 13.8 Å². The number of phosphoric acid groups is 1. The van der Waals surface area contributed by atoms with Gasteiger partial charge < -0.3 is 18.9 Å². The third-order valence-corrected chi connectivity index (χ3v) is 8.40. The standard InChI is InChI=1S/C33H68NO7P/c1-6-8-10-12-14-15-16-17-18-19-20-22-24-26-33(35)41-32(30-38-28-25-23-21-13-11-9-7-2)31-40-42(36,37)39-29-27-34(3,4)5/h32H,6-31H2,1-5H3/p+1. The minimum atomic E-state index is -4.25. The van der Waals surface area contributed by atoms with Crippen LogP contribution in [0.1, 0.15) is 149 Å². The Balaban J connectivity index is 4.28. The Morgan fingerprint density at radius 3 is 1.57 bits per heavy atom. The van der Waals surface area contributed by atoms with E-state index in [2.05, 4.69) is 13.8 Å². The lowest BCUT2D eigenvalue weighted by atomic mass is 10.0. The minimum absolute atomic E-state index is 0.0928. The molecule has 0 saturated heterocycles. The zero-order valence-electron chi connectivity index (χ0n) is 28.3. The Bertz CT molecular complexity index is 657. The van der Waals surface area contributed by atoms with Crippen LogP contribution in [0.4, 0.5) is 0 Å². The molecule has 0 bridgehead atoms. The molecule has 0 rings (SSSR count). The van der Waals surface area contributed by atoms with Crippen LogP contribution in [0.25, 0.3) is 0 Å². The van der Waals surface area contributed by atoms with Gasteiger partial charge in [0.05, 0.1) is 34.4 Å². The van der Waals surface area contributed by atoms with Crippen LogP contribution in [0.5, 0.6) is 0 Å². The van der Waals surface area contributed by atoms with Gasteiger partial charge in [0, 0.05) is 13.0 Å². The van der Waals surface area contributed by atoms with Crippen LogP contribution in [-0.2, 0) is 27.9 Å². The predicted octanol–water partition coefficient (Wildman–Crippen LogP) is 8.99. The van der Waals surface area contributed by atoms with Gasteiger partial charge in [0.25, 0.3) is 0 Å². The number of nitrogens with zero attached hydrogens (tertiary/aromatic N) is 1. The van der Waals surface area contributed by atoms with E-state index in [0.717, 1.165) is 32.1 Å². The normalized spacial score (nSPS) is 14.1. The van der Waals surface area contributed by atoms with Gasteiger partial charge in [-0.25, -0.2) is 4.57 Å². The van der Waals surface area contributed by atoms with Crippen molar-refractivity contribution in [1.29, 1.82) is 0 Å². The first-order valence-corrected chi connectivity index (χ1v) is 18.8. The van der Waals surface area contributed by atoms with Gasteiger partial charge in [-0.1, -0.05) is 129 Å². The van der Waals surface area contributed by atoms with Crippen molar-refractivity contribution in [2.45, 2.75) is 155 Å². The monoisotopic (exact) mass is 622 g/mol. The van der Waals surface area contributed by atoms with E-state index in [1.54, 1.807) is 0 Å². The van der Waals surface area contributed by atoms with Crippen molar-refractivity contribution >= 4 is 13.8 Å². The van der Waals surface area contributed by atoms with Gasteiger partial charge in [-0.15, -0.1) is 0 Å². The van der Waals surface area contributed by atoms with E-state index in [9.17, 15) is 14.3 Å². The number of unbranched alkanes of at least 4 members (excludes halogenated alkanes) is 18. The molecular weight excluding hydrogens is 553 g/mol. The highest BCUT2D eigenvalue weighted by atomic mass is 31.2. The van der Waals surface area contributed by atoms with Gasteiger partial charge in [-0.2, -0.15) is 0 Å². The number of likely N-dealkylation sites (N-methyl/N-ethyl adjacent to an activating group) is 1. The molecule has 0 aliphatic rings. The summed E-state index contributed by atoms with van der Waals surface area (Å²) in [5.74, 6) is -0.315. The van der Waals surface area contributed by atoms with Crippen molar-refractivity contribution in [3.63, 3.8) is 0 Å². The van der Waals surface area contributed by atoms with Crippen molar-refractivity contribution in [3.8, 4) is 0 Å². The molecule has 0 saturated carbocycles. The Labute approximate surface area is 259 Å². The van der Waals surface area contributed by atoms with E-state index in [4.69, 9.17) is 18.5 Å². The molecule has 8 nitrogen and oxygen atoms in total. The first-order valence-electron chi connectivity index (χ1n) is 17.3. The average molecular weight is 623 g/mol. The van der Waals surface area contributed by atoms with Crippen molar-refractivity contribution < 1.29 is 37.3 Å². The molecule has 0 aliphatic heterocycles. The second-order valence-corrected chi connectivity index (χ2v) is 14.4. The van der Waals surface area contributed by atoms with Crippen LogP contribution in [0.2, 0.25) is 0 Å². The van der Waals surface area contributed by atoms with E-state index in [0.29, 0.717) is 24.1 Å². The number of ether oxygens (including phenoxy) is 2. The number of hydrogen-bond acceptors (Lipinski definition) is 6. The van der Waals surface area contributed by atoms with Gasteiger partial charge in [-0.05, 0) is 12.8 Å². The first-order chi connectivity index (χ1) is 20.1. The largest absolute Gasteiger partial charge is 0.472 e. The van der Waals surface area contributed by atoms with Crippen molar-refractivity contribution in [2.24, 2.45) is 0 Å². The Morgan fingerprint density at radius 1 is 0.643 bits per heavy atom. The molecule has 0 fully saturated rings. The molecule has 0 aromatic carbocycles. The van der Waals surface area contributed by atoms with E-state index in [-0.39, 0.29) is 25.8 Å². The Morgan fingerprint density at radius 2 is 1.10 bits per heavy atom. The van der Waals surface area contributed by atoms with E-state index >= 15 is 0 Å². The predicted molar refractivity (Wildman–Crippen MR) is 174 cm³/mol. The summed E-state index contributed by atoms with van der Waals surface area (Å²) in [5, 5.41) is 0. The number of hydrogen-bond donors (Lipinski definition) is 1. The van der Waals surface area contributed by atoms with Crippen LogP contribution in [0.3, 0.4) is 0 Å². The maximum Gasteiger partial charge on any atom is 0.472 e. The number of esters is 1. The highest BCUT2D eigenvalue weighted by molar-refractivity contribution is 7.47. The lowest BCUT2D eigenvalue weighted by Gasteiger charge is -2.24. The smallest absolute Gasteiger partial charge is 0.457 e. The molecule has 0 radical (unpaired) electrons. The average Bonchev–Trinajstić information content (AvgIpc) is 2.92. The molecule has 252 valence electrons. The fourth-order valence-corrected chi connectivity index (χ4v) is 5.41. The summed E-state index contributed by atoms with van der Waals surface area (Å²) in [4.78, 5) is 22.6. The van der Waals surface area contributed by atoms with Crippen molar-refractivity contribution in [3.05, 3.63) is 0 Å². The maximum atomic E-state index is 12.5. The van der Waals surface area contributed by atoms with Crippen molar-refractivity contribution in [2.75, 3.05) is 54.1 Å². The maximum absolute atomic E-state index is 12.5. The number of carbonyl (C=O) groups excluding carboxylic acids is 1. The fraction of sp³-hybridized carbons (Fsp3) is 0.970. The van der Waals surface area contributed by atoms with E-state index in [1.807, 2.05) is 21.1 Å². The molecule has 0 amide bonds. The SMILES string of the molecule is CCCCCCCCCCCCCCCC(=O)OC(COCCCCCCCCC)COP(=O)(O)OCC[N+](C)(C)C. The topological polar surface area (TPSA) is 91.3 Å². The summed E-state index contributed by atoms with van der Waals surface area (Å²) < 4.78 is 34.6. The lowest BCUT2D eigenvalue weighted by molar-refractivity contribution is -0.870. The molecular formula is C33H69NO7P+. The van der Waals surface area contributed by atoms with Crippen LogP contribution in [-0.4, -0.2) is 75.6 Å². The quantitative estimate of drug-likeness (QED) is 0.0346. The molecule has 0 heterocycles. The highest BCUT2D eigenvalue weighted by Crippen LogP contribution is 2.43. The molecule has 2 unspecified atom stereocenters. The van der Waals surface area contributed by atoms with Gasteiger partial charge in [0.1, 0.15) is 19.3 Å². The van der Waals surface area contributed by atoms with Gasteiger partial charge in [0.15, 0.2) is 0 Å². The zero-order chi connectivity index (χ0) is 31.4. The molecule has 0 spiro atoms. The number of carbonyl (C=O) groups is 1. The van der Waals surface area contributed by atoms with Gasteiger partial charge in [0.2, 0.25) is 0 Å². The molecule has 9 heteroatoms. The van der Waals surface area contributed by atoms with Crippen LogP contribution in [0, 0.1) is 0 Å². The summed E-state index contributed by atoms with van der Waals surface area (Å²) in [5.41, 5.74) is 0. The lowest BCUT2D eigenvalue weighted by Crippen LogP contribution is -2.37. The summed E-state index contributed by atoms with van der Waals surface area (Å²) in [6.07, 6.45) is 24.1. The molecule has 0 aliphatic carbocycles. The summed E-state index contributed by atoms with van der Waals surface area (Å²) in [6, 6.07) is 0.